The van der Waals surface area contributed by atoms with Crippen molar-refractivity contribution in [3.05, 3.63) is 63.6 Å². The van der Waals surface area contributed by atoms with E-state index in [2.05, 4.69) is 0 Å². The van der Waals surface area contributed by atoms with E-state index >= 15 is 0 Å². The van der Waals surface area contributed by atoms with Gasteiger partial charge in [-0.1, -0.05) is 29.3 Å². The van der Waals surface area contributed by atoms with E-state index in [1.807, 2.05) is 31.2 Å². The van der Waals surface area contributed by atoms with Gasteiger partial charge in [0.05, 0.1) is 0 Å². The fourth-order valence-electron chi connectivity index (χ4n) is 1.94. The Bertz CT molecular complexity index is 641. The van der Waals surface area contributed by atoms with Crippen LogP contribution in [0.3, 0.4) is 0 Å². The second-order valence-electron chi connectivity index (χ2n) is 4.67. The zero-order valence-electron chi connectivity index (χ0n) is 11.3. The molecule has 1 atom stereocenters. The molecule has 0 aliphatic rings. The molecule has 2 rings (SSSR count). The third-order valence-electron chi connectivity index (χ3n) is 3.08. The fourth-order valence-corrected chi connectivity index (χ4v) is 3.28. The van der Waals surface area contributed by atoms with Crippen LogP contribution in [0.15, 0.2) is 47.4 Å². The zero-order valence-corrected chi connectivity index (χ0v) is 13.7. The number of hydrogen-bond donors (Lipinski definition) is 1. The van der Waals surface area contributed by atoms with Crippen molar-refractivity contribution in [1.29, 1.82) is 0 Å². The molecule has 0 aliphatic heterocycles. The predicted octanol–water partition coefficient (Wildman–Crippen LogP) is 5.09. The Balaban J connectivity index is 2.15. The number of hydrogen-bond acceptors (Lipinski definition) is 2. The molecule has 21 heavy (non-hydrogen) atoms. The minimum Gasteiger partial charge on any atom is -0.480 e. The summed E-state index contributed by atoms with van der Waals surface area (Å²) in [6.07, 6.45) is 0.450. The SMILES string of the molecule is Cc1cc(Cl)ccc1CC(Sc1ccc(Cl)cc1)C(=O)O. The molecule has 0 saturated heterocycles. The van der Waals surface area contributed by atoms with Crippen LogP contribution in [0.4, 0.5) is 0 Å². The Kier molecular flexibility index (Phi) is 5.57. The van der Waals surface area contributed by atoms with Gasteiger partial charge in [-0.25, -0.2) is 0 Å². The van der Waals surface area contributed by atoms with Crippen LogP contribution in [0.2, 0.25) is 10.0 Å². The molecule has 5 heteroatoms. The molecule has 0 heterocycles. The Morgan fingerprint density at radius 2 is 1.76 bits per heavy atom. The summed E-state index contributed by atoms with van der Waals surface area (Å²) in [6, 6.07) is 12.7. The molecule has 1 N–H and O–H groups in total. The van der Waals surface area contributed by atoms with Gasteiger partial charge in [-0.2, -0.15) is 0 Å². The molecule has 2 aromatic rings. The van der Waals surface area contributed by atoms with Crippen LogP contribution in [0.5, 0.6) is 0 Å². The Hall–Kier alpha value is -1.16. The summed E-state index contributed by atoms with van der Waals surface area (Å²) in [5, 5.41) is 10.2. The van der Waals surface area contributed by atoms with Crippen LogP contribution >= 0.6 is 35.0 Å². The van der Waals surface area contributed by atoms with Gasteiger partial charge < -0.3 is 5.11 Å². The van der Waals surface area contributed by atoms with E-state index in [1.54, 1.807) is 18.2 Å². The number of halogens is 2. The molecular formula is C16H14Cl2O2S. The van der Waals surface area contributed by atoms with Crippen LogP contribution in [0.25, 0.3) is 0 Å². The number of rotatable bonds is 5. The third kappa shape index (κ3) is 4.67. The van der Waals surface area contributed by atoms with E-state index in [4.69, 9.17) is 23.2 Å². The van der Waals surface area contributed by atoms with Crippen molar-refractivity contribution < 1.29 is 9.90 Å². The maximum atomic E-state index is 11.5. The van der Waals surface area contributed by atoms with Crippen molar-refractivity contribution in [3.63, 3.8) is 0 Å². The van der Waals surface area contributed by atoms with Gasteiger partial charge in [-0.05, 0) is 60.9 Å². The number of benzene rings is 2. The molecule has 110 valence electrons. The summed E-state index contributed by atoms with van der Waals surface area (Å²) < 4.78 is 0. The Labute approximate surface area is 138 Å². The molecule has 2 nitrogen and oxygen atoms in total. The second kappa shape index (κ2) is 7.21. The van der Waals surface area contributed by atoms with Crippen LogP contribution in [-0.4, -0.2) is 16.3 Å². The minimum atomic E-state index is -0.829. The predicted molar refractivity (Wildman–Crippen MR) is 88.6 cm³/mol. The zero-order chi connectivity index (χ0) is 15.4. The Morgan fingerprint density at radius 3 is 2.33 bits per heavy atom. The average molecular weight is 341 g/mol. The summed E-state index contributed by atoms with van der Waals surface area (Å²) in [5.74, 6) is -0.829. The topological polar surface area (TPSA) is 37.3 Å². The summed E-state index contributed by atoms with van der Waals surface area (Å²) in [7, 11) is 0. The van der Waals surface area contributed by atoms with E-state index in [0.717, 1.165) is 16.0 Å². The van der Waals surface area contributed by atoms with E-state index in [1.165, 1.54) is 11.8 Å². The highest BCUT2D eigenvalue weighted by atomic mass is 35.5. The first kappa shape index (κ1) is 16.2. The molecule has 0 fully saturated rings. The highest BCUT2D eigenvalue weighted by molar-refractivity contribution is 8.00. The van der Waals surface area contributed by atoms with Gasteiger partial charge in [0.2, 0.25) is 0 Å². The summed E-state index contributed by atoms with van der Waals surface area (Å²) >= 11 is 13.1. The van der Waals surface area contributed by atoms with Crippen molar-refractivity contribution in [2.24, 2.45) is 0 Å². The number of thioether (sulfide) groups is 1. The maximum Gasteiger partial charge on any atom is 0.317 e. The van der Waals surface area contributed by atoms with E-state index in [-0.39, 0.29) is 0 Å². The third-order valence-corrected chi connectivity index (χ3v) is 4.76. The lowest BCUT2D eigenvalue weighted by atomic mass is 10.0. The quantitative estimate of drug-likeness (QED) is 0.770. The van der Waals surface area contributed by atoms with Crippen molar-refractivity contribution >= 4 is 40.9 Å². The first-order valence-corrected chi connectivity index (χ1v) is 7.99. The molecule has 0 spiro atoms. The molecule has 2 aromatic carbocycles. The molecule has 0 aliphatic carbocycles. The highest BCUT2D eigenvalue weighted by Gasteiger charge is 2.20. The number of carboxylic acids is 1. The van der Waals surface area contributed by atoms with Gasteiger partial charge in [-0.3, -0.25) is 4.79 Å². The number of aliphatic carboxylic acids is 1. The molecule has 1 unspecified atom stereocenters. The van der Waals surface area contributed by atoms with Crippen LogP contribution in [0.1, 0.15) is 11.1 Å². The van der Waals surface area contributed by atoms with Crippen molar-refractivity contribution in [3.8, 4) is 0 Å². The monoisotopic (exact) mass is 340 g/mol. The number of aryl methyl sites for hydroxylation is 1. The van der Waals surface area contributed by atoms with Crippen LogP contribution < -0.4 is 0 Å². The molecule has 0 radical (unpaired) electrons. The summed E-state index contributed by atoms with van der Waals surface area (Å²) in [4.78, 5) is 12.4. The molecular weight excluding hydrogens is 327 g/mol. The van der Waals surface area contributed by atoms with Gasteiger partial charge in [0.1, 0.15) is 5.25 Å². The standard InChI is InChI=1S/C16H14Cl2O2S/c1-10-8-13(18)3-2-11(10)9-15(16(19)20)21-14-6-4-12(17)5-7-14/h2-8,15H,9H2,1H3,(H,19,20). The van der Waals surface area contributed by atoms with Gasteiger partial charge in [0.15, 0.2) is 0 Å². The average Bonchev–Trinajstić information content (AvgIpc) is 2.43. The lowest BCUT2D eigenvalue weighted by Gasteiger charge is -2.14. The summed E-state index contributed by atoms with van der Waals surface area (Å²) in [5.41, 5.74) is 2.00. The van der Waals surface area contributed by atoms with Crippen molar-refractivity contribution in [2.45, 2.75) is 23.5 Å². The van der Waals surface area contributed by atoms with Crippen molar-refractivity contribution in [1.82, 2.24) is 0 Å². The fraction of sp³-hybridized carbons (Fsp3) is 0.188. The normalized spacial score (nSPS) is 12.1. The Morgan fingerprint density at radius 1 is 1.14 bits per heavy atom. The largest absolute Gasteiger partial charge is 0.480 e. The highest BCUT2D eigenvalue weighted by Crippen LogP contribution is 2.28. The lowest BCUT2D eigenvalue weighted by molar-refractivity contribution is -0.136. The molecule has 0 saturated carbocycles. The molecule has 0 aromatic heterocycles. The molecule has 0 bridgehead atoms. The summed E-state index contributed by atoms with van der Waals surface area (Å²) in [6.45, 7) is 1.94. The number of carbonyl (C=O) groups is 1. The van der Waals surface area contributed by atoms with E-state index in [9.17, 15) is 9.90 Å². The first-order chi connectivity index (χ1) is 9.95. The maximum absolute atomic E-state index is 11.5. The van der Waals surface area contributed by atoms with Crippen molar-refractivity contribution in [2.75, 3.05) is 0 Å². The van der Waals surface area contributed by atoms with Gasteiger partial charge in [0.25, 0.3) is 0 Å². The van der Waals surface area contributed by atoms with Crippen LogP contribution in [-0.2, 0) is 11.2 Å². The van der Waals surface area contributed by atoms with Gasteiger partial charge in [-0.15, -0.1) is 11.8 Å². The minimum absolute atomic E-state index is 0.450. The van der Waals surface area contributed by atoms with E-state index < -0.39 is 11.2 Å². The van der Waals surface area contributed by atoms with Gasteiger partial charge in [0, 0.05) is 14.9 Å². The second-order valence-corrected chi connectivity index (χ2v) is 6.82. The smallest absolute Gasteiger partial charge is 0.317 e. The number of carboxylic acid groups (broad SMARTS) is 1. The van der Waals surface area contributed by atoms with Gasteiger partial charge >= 0.3 is 5.97 Å². The first-order valence-electron chi connectivity index (χ1n) is 6.36. The van der Waals surface area contributed by atoms with E-state index in [0.29, 0.717) is 16.5 Å². The lowest BCUT2D eigenvalue weighted by Crippen LogP contribution is -2.19. The molecule has 0 amide bonds. The van der Waals surface area contributed by atoms with Crippen LogP contribution in [0, 0.1) is 6.92 Å².